The number of hydrogen-bond donors (Lipinski definition) is 1. The Hall–Kier alpha value is -0.780. The Morgan fingerprint density at radius 1 is 1.20 bits per heavy atom. The molecule has 1 aromatic carbocycles. The van der Waals surface area contributed by atoms with Gasteiger partial charge in [-0.3, -0.25) is 4.79 Å². The van der Waals surface area contributed by atoms with Gasteiger partial charge in [0.2, 0.25) is 5.91 Å². The molecule has 0 fully saturated rings. The van der Waals surface area contributed by atoms with Crippen LogP contribution in [-0.2, 0) is 21.1 Å². The summed E-state index contributed by atoms with van der Waals surface area (Å²) >= 11 is 11.7. The van der Waals surface area contributed by atoms with E-state index < -0.39 is 26.7 Å². The van der Waals surface area contributed by atoms with Crippen molar-refractivity contribution in [3.63, 3.8) is 0 Å². The fourth-order valence-electron chi connectivity index (χ4n) is 1.50. The number of amides is 1. The van der Waals surface area contributed by atoms with Gasteiger partial charge in [-0.25, -0.2) is 8.42 Å². The van der Waals surface area contributed by atoms with Crippen molar-refractivity contribution in [1.82, 2.24) is 5.32 Å². The number of rotatable bonds is 6. The molecule has 0 aliphatic rings. The molecule has 0 unspecified atom stereocenters. The van der Waals surface area contributed by atoms with Gasteiger partial charge < -0.3 is 5.32 Å². The first-order valence-corrected chi connectivity index (χ1v) is 8.61. The average Bonchev–Trinajstić information content (AvgIpc) is 2.26. The molecule has 1 aromatic rings. The van der Waals surface area contributed by atoms with Crippen LogP contribution in [-0.4, -0.2) is 31.9 Å². The lowest BCUT2D eigenvalue weighted by Gasteiger charge is -2.09. The number of nitrogens with one attached hydrogen (secondary N) is 1. The van der Waals surface area contributed by atoms with E-state index in [-0.39, 0.29) is 0 Å². The Bertz CT molecular complexity index is 565. The lowest BCUT2D eigenvalue weighted by molar-refractivity contribution is -0.118. The summed E-state index contributed by atoms with van der Waals surface area (Å²) in [6, 6.07) is 5.13. The summed E-state index contributed by atoms with van der Waals surface area (Å²) in [4.78, 5) is 11.5. The Labute approximate surface area is 129 Å². The fraction of sp³-hybridized carbons (Fsp3) is 0.462. The molecule has 20 heavy (non-hydrogen) atoms. The van der Waals surface area contributed by atoms with Gasteiger partial charge in [-0.1, -0.05) is 23.2 Å². The first kappa shape index (κ1) is 17.3. The molecule has 1 rings (SSSR count). The van der Waals surface area contributed by atoms with Crippen LogP contribution < -0.4 is 5.32 Å². The highest BCUT2D eigenvalue weighted by molar-refractivity contribution is 7.92. The van der Waals surface area contributed by atoms with Crippen LogP contribution in [0.25, 0.3) is 0 Å². The van der Waals surface area contributed by atoms with Crippen molar-refractivity contribution in [3.8, 4) is 0 Å². The van der Waals surface area contributed by atoms with E-state index in [2.05, 4.69) is 5.32 Å². The predicted octanol–water partition coefficient (Wildman–Crippen LogP) is 2.48. The van der Waals surface area contributed by atoms with Gasteiger partial charge in [-0.15, -0.1) is 0 Å². The summed E-state index contributed by atoms with van der Waals surface area (Å²) in [5, 5.41) is 3.08. The Kier molecular flexibility index (Phi) is 6.30. The molecule has 0 aromatic heterocycles. The molecule has 112 valence electrons. The van der Waals surface area contributed by atoms with E-state index in [0.717, 1.165) is 5.56 Å². The standard InChI is InChI=1S/C13H17Cl2NO3S/c1-9(2)20(18,19)8-13(17)16-4-3-10-5-11(14)7-12(15)6-10/h5-7,9H,3-4,8H2,1-2H3,(H,16,17). The van der Waals surface area contributed by atoms with Crippen LogP contribution >= 0.6 is 23.2 Å². The molecule has 0 aliphatic carbocycles. The summed E-state index contributed by atoms with van der Waals surface area (Å²) in [6.45, 7) is 3.44. The number of carbonyl (C=O) groups excluding carboxylic acids is 1. The topological polar surface area (TPSA) is 63.2 Å². The number of hydrogen-bond acceptors (Lipinski definition) is 3. The minimum absolute atomic E-state index is 0.336. The summed E-state index contributed by atoms with van der Waals surface area (Å²) in [7, 11) is -3.36. The fourth-order valence-corrected chi connectivity index (χ4v) is 2.87. The van der Waals surface area contributed by atoms with E-state index in [1.54, 1.807) is 32.0 Å². The normalized spacial score (nSPS) is 11.7. The third-order valence-electron chi connectivity index (χ3n) is 2.71. The third kappa shape index (κ3) is 5.69. The molecule has 0 aliphatic heterocycles. The van der Waals surface area contributed by atoms with Crippen LogP contribution in [0.15, 0.2) is 18.2 Å². The van der Waals surface area contributed by atoms with Gasteiger partial charge in [0.05, 0.1) is 5.25 Å². The Balaban J connectivity index is 2.47. The van der Waals surface area contributed by atoms with E-state index >= 15 is 0 Å². The van der Waals surface area contributed by atoms with Gasteiger partial charge >= 0.3 is 0 Å². The molecule has 0 radical (unpaired) electrons. The lowest BCUT2D eigenvalue weighted by Crippen LogP contribution is -2.34. The first-order chi connectivity index (χ1) is 9.20. The highest BCUT2D eigenvalue weighted by Gasteiger charge is 2.20. The molecular formula is C13H17Cl2NO3S. The monoisotopic (exact) mass is 337 g/mol. The van der Waals surface area contributed by atoms with E-state index in [9.17, 15) is 13.2 Å². The number of halogens is 2. The van der Waals surface area contributed by atoms with Crippen LogP contribution in [0.5, 0.6) is 0 Å². The lowest BCUT2D eigenvalue weighted by atomic mass is 10.1. The van der Waals surface area contributed by atoms with Crippen LogP contribution in [0.4, 0.5) is 0 Å². The second-order valence-electron chi connectivity index (χ2n) is 4.73. The third-order valence-corrected chi connectivity index (χ3v) is 5.25. The second kappa shape index (κ2) is 7.29. The van der Waals surface area contributed by atoms with E-state index in [1.807, 2.05) is 0 Å². The van der Waals surface area contributed by atoms with E-state index in [4.69, 9.17) is 23.2 Å². The smallest absolute Gasteiger partial charge is 0.235 e. The maximum Gasteiger partial charge on any atom is 0.235 e. The van der Waals surface area contributed by atoms with Gasteiger partial charge in [0.15, 0.2) is 9.84 Å². The van der Waals surface area contributed by atoms with Crippen LogP contribution in [0.1, 0.15) is 19.4 Å². The van der Waals surface area contributed by atoms with Crippen LogP contribution in [0.3, 0.4) is 0 Å². The summed E-state index contributed by atoms with van der Waals surface area (Å²) in [5.74, 6) is -0.979. The maximum absolute atomic E-state index is 11.6. The zero-order chi connectivity index (χ0) is 15.3. The summed E-state index contributed by atoms with van der Waals surface area (Å²) < 4.78 is 23.1. The first-order valence-electron chi connectivity index (χ1n) is 6.14. The predicted molar refractivity (Wildman–Crippen MR) is 82.1 cm³/mol. The van der Waals surface area contributed by atoms with E-state index in [0.29, 0.717) is 23.0 Å². The quantitative estimate of drug-likeness (QED) is 0.867. The molecule has 0 heterocycles. The average molecular weight is 338 g/mol. The molecule has 0 saturated heterocycles. The van der Waals surface area contributed by atoms with Crippen molar-refractivity contribution in [2.24, 2.45) is 0 Å². The maximum atomic E-state index is 11.6. The van der Waals surface area contributed by atoms with Crippen LogP contribution in [0, 0.1) is 0 Å². The van der Waals surface area contributed by atoms with Crippen molar-refractivity contribution in [2.45, 2.75) is 25.5 Å². The van der Waals surface area contributed by atoms with Gasteiger partial charge in [-0.05, 0) is 44.0 Å². The van der Waals surface area contributed by atoms with Crippen molar-refractivity contribution in [1.29, 1.82) is 0 Å². The highest BCUT2D eigenvalue weighted by atomic mass is 35.5. The van der Waals surface area contributed by atoms with Gasteiger partial charge in [-0.2, -0.15) is 0 Å². The van der Waals surface area contributed by atoms with Crippen LogP contribution in [0.2, 0.25) is 10.0 Å². The molecular weight excluding hydrogens is 321 g/mol. The minimum atomic E-state index is -3.36. The molecule has 4 nitrogen and oxygen atoms in total. The highest BCUT2D eigenvalue weighted by Crippen LogP contribution is 2.19. The van der Waals surface area contributed by atoms with Gasteiger partial charge in [0.25, 0.3) is 0 Å². The second-order valence-corrected chi connectivity index (χ2v) is 8.16. The molecule has 7 heteroatoms. The van der Waals surface area contributed by atoms with Gasteiger partial charge in [0.1, 0.15) is 5.75 Å². The van der Waals surface area contributed by atoms with Crippen molar-refractivity contribution < 1.29 is 13.2 Å². The van der Waals surface area contributed by atoms with Crippen molar-refractivity contribution in [3.05, 3.63) is 33.8 Å². The molecule has 0 bridgehead atoms. The Morgan fingerprint density at radius 2 is 1.75 bits per heavy atom. The molecule has 1 amide bonds. The molecule has 0 spiro atoms. The Morgan fingerprint density at radius 3 is 2.25 bits per heavy atom. The molecule has 1 N–H and O–H groups in total. The number of carbonyl (C=O) groups is 1. The van der Waals surface area contributed by atoms with Crippen molar-refractivity contribution >= 4 is 38.9 Å². The zero-order valence-electron chi connectivity index (χ0n) is 11.3. The molecule has 0 saturated carbocycles. The largest absolute Gasteiger partial charge is 0.355 e. The minimum Gasteiger partial charge on any atom is -0.355 e. The van der Waals surface area contributed by atoms with E-state index in [1.165, 1.54) is 0 Å². The molecule has 0 atom stereocenters. The number of benzene rings is 1. The SMILES string of the molecule is CC(C)S(=O)(=O)CC(=O)NCCc1cc(Cl)cc(Cl)c1. The zero-order valence-corrected chi connectivity index (χ0v) is 13.6. The summed E-state index contributed by atoms with van der Waals surface area (Å²) in [6.07, 6.45) is 0.535. The number of sulfone groups is 1. The van der Waals surface area contributed by atoms with Gasteiger partial charge in [0, 0.05) is 16.6 Å². The summed E-state index contributed by atoms with van der Waals surface area (Å²) in [5.41, 5.74) is 0.884. The van der Waals surface area contributed by atoms with Crippen molar-refractivity contribution in [2.75, 3.05) is 12.3 Å².